The summed E-state index contributed by atoms with van der Waals surface area (Å²) in [4.78, 5) is 0.295. The van der Waals surface area contributed by atoms with Crippen molar-refractivity contribution in [2.45, 2.75) is 17.7 Å². The second-order valence-corrected chi connectivity index (χ2v) is 6.77. The van der Waals surface area contributed by atoms with Crippen LogP contribution >= 0.6 is 27.3 Å². The maximum atomic E-state index is 3.87. The van der Waals surface area contributed by atoms with Gasteiger partial charge in [0.2, 0.25) is 0 Å². The predicted octanol–water partition coefficient (Wildman–Crippen LogP) is 5.48. The Balaban J connectivity index is 1.97. The summed E-state index contributed by atoms with van der Waals surface area (Å²) >= 11 is 5.63. The van der Waals surface area contributed by atoms with Gasteiger partial charge in [0.25, 0.3) is 0 Å². The molecule has 1 aliphatic rings. The molecule has 0 N–H and O–H groups in total. The van der Waals surface area contributed by atoms with E-state index < -0.39 is 0 Å². The summed E-state index contributed by atoms with van der Waals surface area (Å²) < 4.78 is 0. The number of thiophene rings is 1. The fraction of sp³-hybridized carbons (Fsp3) is 0.176. The molecule has 0 bridgehead atoms. The largest absolute Gasteiger partial charge is 0.152 e. The summed E-state index contributed by atoms with van der Waals surface area (Å²) in [6.07, 6.45) is 2.39. The molecule has 1 atom stereocenters. The highest BCUT2D eigenvalue weighted by Gasteiger charge is 2.19. The van der Waals surface area contributed by atoms with Crippen molar-refractivity contribution < 1.29 is 0 Å². The molecule has 1 aromatic heterocycles. The van der Waals surface area contributed by atoms with Crippen molar-refractivity contribution in [1.82, 2.24) is 0 Å². The Hall–Kier alpha value is -1.12. The van der Waals surface area contributed by atoms with Crippen LogP contribution in [0.3, 0.4) is 0 Å². The van der Waals surface area contributed by atoms with Gasteiger partial charge in [0, 0.05) is 0 Å². The SMILES string of the molecule is BrC(c1ccsc1)c1ccc2c3c(cccc13)CC2. The Morgan fingerprint density at radius 2 is 1.84 bits per heavy atom. The van der Waals surface area contributed by atoms with Crippen LogP contribution in [0.25, 0.3) is 10.8 Å². The molecule has 2 heteroatoms. The zero-order chi connectivity index (χ0) is 12.8. The molecular weight excluding hydrogens is 316 g/mol. The minimum absolute atomic E-state index is 0.295. The molecule has 0 saturated carbocycles. The van der Waals surface area contributed by atoms with Gasteiger partial charge in [0.1, 0.15) is 0 Å². The Labute approximate surface area is 125 Å². The normalized spacial score (nSPS) is 15.0. The smallest absolute Gasteiger partial charge is 0.0658 e. The lowest BCUT2D eigenvalue weighted by atomic mass is 9.96. The van der Waals surface area contributed by atoms with E-state index in [2.05, 4.69) is 63.1 Å². The number of benzene rings is 2. The lowest BCUT2D eigenvalue weighted by Gasteiger charge is -2.13. The van der Waals surface area contributed by atoms with E-state index in [1.807, 2.05) is 0 Å². The predicted molar refractivity (Wildman–Crippen MR) is 86.4 cm³/mol. The topological polar surface area (TPSA) is 0 Å². The van der Waals surface area contributed by atoms with Crippen molar-refractivity contribution in [3.05, 3.63) is 69.4 Å². The molecule has 19 heavy (non-hydrogen) atoms. The number of alkyl halides is 1. The minimum Gasteiger partial charge on any atom is -0.152 e. The first-order valence-corrected chi connectivity index (χ1v) is 8.40. The molecular formula is C17H13BrS. The van der Waals surface area contributed by atoms with Gasteiger partial charge in [-0.25, -0.2) is 0 Å². The van der Waals surface area contributed by atoms with E-state index in [0.29, 0.717) is 4.83 Å². The van der Waals surface area contributed by atoms with Crippen molar-refractivity contribution in [3.63, 3.8) is 0 Å². The van der Waals surface area contributed by atoms with Gasteiger partial charge < -0.3 is 0 Å². The summed E-state index contributed by atoms with van der Waals surface area (Å²) in [6.45, 7) is 0. The highest BCUT2D eigenvalue weighted by atomic mass is 79.9. The van der Waals surface area contributed by atoms with Gasteiger partial charge in [-0.3, -0.25) is 0 Å². The first-order chi connectivity index (χ1) is 9.34. The Bertz CT molecular complexity index is 733. The molecule has 0 amide bonds. The first-order valence-electron chi connectivity index (χ1n) is 6.54. The van der Waals surface area contributed by atoms with Crippen molar-refractivity contribution >= 4 is 38.0 Å². The number of aryl methyl sites for hydroxylation is 2. The molecule has 0 aliphatic heterocycles. The van der Waals surface area contributed by atoms with Crippen molar-refractivity contribution in [2.24, 2.45) is 0 Å². The van der Waals surface area contributed by atoms with Gasteiger partial charge in [0.15, 0.2) is 0 Å². The fourth-order valence-corrected chi connectivity index (χ4v) is 4.63. The van der Waals surface area contributed by atoms with E-state index >= 15 is 0 Å². The summed E-state index contributed by atoms with van der Waals surface area (Å²) in [7, 11) is 0. The number of halogens is 1. The van der Waals surface area contributed by atoms with Gasteiger partial charge >= 0.3 is 0 Å². The van der Waals surface area contributed by atoms with E-state index in [-0.39, 0.29) is 0 Å². The average molecular weight is 329 g/mol. The molecule has 1 heterocycles. The maximum absolute atomic E-state index is 3.87. The lowest BCUT2D eigenvalue weighted by molar-refractivity contribution is 1.02. The van der Waals surface area contributed by atoms with Crippen molar-refractivity contribution in [2.75, 3.05) is 0 Å². The van der Waals surface area contributed by atoms with Gasteiger partial charge in [-0.15, -0.1) is 0 Å². The highest BCUT2D eigenvalue weighted by Crippen LogP contribution is 2.40. The van der Waals surface area contributed by atoms with Crippen LogP contribution in [-0.4, -0.2) is 0 Å². The van der Waals surface area contributed by atoms with Crippen molar-refractivity contribution in [3.8, 4) is 0 Å². The second-order valence-electron chi connectivity index (χ2n) is 5.07. The summed E-state index contributed by atoms with van der Waals surface area (Å²) in [5.74, 6) is 0. The van der Waals surface area contributed by atoms with Gasteiger partial charge in [-0.05, 0) is 62.7 Å². The van der Waals surface area contributed by atoms with Crippen molar-refractivity contribution in [1.29, 1.82) is 0 Å². The van der Waals surface area contributed by atoms with Crippen LogP contribution in [0.2, 0.25) is 0 Å². The monoisotopic (exact) mass is 328 g/mol. The molecule has 0 spiro atoms. The Morgan fingerprint density at radius 1 is 1.00 bits per heavy atom. The van der Waals surface area contributed by atoms with E-state index in [1.165, 1.54) is 45.9 Å². The van der Waals surface area contributed by atoms with Crippen LogP contribution in [0.4, 0.5) is 0 Å². The Kier molecular flexibility index (Phi) is 2.75. The standard InChI is InChI=1S/C17H13BrS/c18-17(13-8-9-19-10-13)15-7-6-12-5-4-11-2-1-3-14(15)16(11)12/h1-3,6-10,17H,4-5H2. The minimum atomic E-state index is 0.295. The van der Waals surface area contributed by atoms with Crippen LogP contribution in [0.1, 0.15) is 27.1 Å². The van der Waals surface area contributed by atoms with E-state index in [0.717, 1.165) is 0 Å². The van der Waals surface area contributed by atoms with Gasteiger partial charge in [0.05, 0.1) is 4.83 Å². The molecule has 0 saturated heterocycles. The zero-order valence-electron chi connectivity index (χ0n) is 10.4. The molecule has 0 fully saturated rings. The summed E-state index contributed by atoms with van der Waals surface area (Å²) in [5.41, 5.74) is 5.77. The number of hydrogen-bond acceptors (Lipinski definition) is 1. The number of hydrogen-bond donors (Lipinski definition) is 0. The van der Waals surface area contributed by atoms with Crippen LogP contribution in [-0.2, 0) is 12.8 Å². The van der Waals surface area contributed by atoms with Crippen LogP contribution in [0.5, 0.6) is 0 Å². The second kappa shape index (κ2) is 4.46. The molecule has 0 nitrogen and oxygen atoms in total. The van der Waals surface area contributed by atoms with Crippen LogP contribution in [0.15, 0.2) is 47.2 Å². The zero-order valence-corrected chi connectivity index (χ0v) is 12.8. The summed E-state index contributed by atoms with van der Waals surface area (Å²) in [5, 5.41) is 7.28. The molecule has 4 rings (SSSR count). The fourth-order valence-electron chi connectivity index (χ4n) is 3.09. The quantitative estimate of drug-likeness (QED) is 0.546. The average Bonchev–Trinajstić information content (AvgIpc) is 3.09. The van der Waals surface area contributed by atoms with Crippen LogP contribution < -0.4 is 0 Å². The van der Waals surface area contributed by atoms with E-state index in [9.17, 15) is 0 Å². The van der Waals surface area contributed by atoms with Gasteiger partial charge in [-0.2, -0.15) is 11.3 Å². The lowest BCUT2D eigenvalue weighted by Crippen LogP contribution is -1.93. The maximum Gasteiger partial charge on any atom is 0.0658 e. The third kappa shape index (κ3) is 1.78. The Morgan fingerprint density at radius 3 is 2.63 bits per heavy atom. The molecule has 0 radical (unpaired) electrons. The summed E-state index contributed by atoms with van der Waals surface area (Å²) in [6, 6.07) is 13.6. The third-order valence-electron chi connectivity index (χ3n) is 4.02. The third-order valence-corrected chi connectivity index (χ3v) is 5.74. The van der Waals surface area contributed by atoms with Crippen LogP contribution in [0, 0.1) is 0 Å². The van der Waals surface area contributed by atoms with E-state index in [4.69, 9.17) is 0 Å². The number of rotatable bonds is 2. The molecule has 1 unspecified atom stereocenters. The molecule has 94 valence electrons. The highest BCUT2D eigenvalue weighted by molar-refractivity contribution is 9.09. The first kappa shape index (κ1) is 11.7. The van der Waals surface area contributed by atoms with Gasteiger partial charge in [-0.1, -0.05) is 46.3 Å². The molecule has 1 aliphatic carbocycles. The molecule has 2 aromatic carbocycles. The molecule has 3 aromatic rings. The van der Waals surface area contributed by atoms with E-state index in [1.54, 1.807) is 11.3 Å².